The van der Waals surface area contributed by atoms with Gasteiger partial charge in [0.1, 0.15) is 0 Å². The van der Waals surface area contributed by atoms with Gasteiger partial charge in [0.05, 0.1) is 11.9 Å². The van der Waals surface area contributed by atoms with E-state index in [9.17, 15) is 4.79 Å². The van der Waals surface area contributed by atoms with Gasteiger partial charge < -0.3 is 15.1 Å². The molecule has 2 heterocycles. The first kappa shape index (κ1) is 16.6. The van der Waals surface area contributed by atoms with Crippen molar-refractivity contribution in [1.29, 1.82) is 0 Å². The first-order chi connectivity index (χ1) is 10.6. The maximum Gasteiger partial charge on any atom is 0.317 e. The van der Waals surface area contributed by atoms with E-state index >= 15 is 0 Å². The first-order valence-corrected chi connectivity index (χ1v) is 8.26. The SMILES string of the molecule is CC(C)CC[C@H](C)NC(=O)N1CCN(c2cccnc2)CC1. The molecule has 1 fully saturated rings. The van der Waals surface area contributed by atoms with Crippen LogP contribution in [-0.4, -0.2) is 48.1 Å². The Labute approximate surface area is 133 Å². The number of nitrogens with one attached hydrogen (secondary N) is 1. The van der Waals surface area contributed by atoms with Crippen molar-refractivity contribution in [3.8, 4) is 0 Å². The van der Waals surface area contributed by atoms with Crippen LogP contribution in [0.3, 0.4) is 0 Å². The Balaban J connectivity index is 1.75. The van der Waals surface area contributed by atoms with Crippen LogP contribution in [0.1, 0.15) is 33.6 Å². The van der Waals surface area contributed by atoms with Crippen molar-refractivity contribution in [3.05, 3.63) is 24.5 Å². The molecule has 1 N–H and O–H groups in total. The third-order valence-electron chi connectivity index (χ3n) is 4.12. The highest BCUT2D eigenvalue weighted by molar-refractivity contribution is 5.74. The monoisotopic (exact) mass is 304 g/mol. The Morgan fingerprint density at radius 2 is 1.95 bits per heavy atom. The topological polar surface area (TPSA) is 48.5 Å². The Bertz CT molecular complexity index is 455. The van der Waals surface area contributed by atoms with Gasteiger partial charge in [0.15, 0.2) is 0 Å². The molecule has 0 aromatic carbocycles. The lowest BCUT2D eigenvalue weighted by atomic mass is 10.0. The van der Waals surface area contributed by atoms with Crippen LogP contribution in [0.2, 0.25) is 0 Å². The second kappa shape index (κ2) is 8.01. The van der Waals surface area contributed by atoms with Crippen molar-refractivity contribution in [1.82, 2.24) is 15.2 Å². The minimum Gasteiger partial charge on any atom is -0.367 e. The van der Waals surface area contributed by atoms with Crippen molar-refractivity contribution in [3.63, 3.8) is 0 Å². The Morgan fingerprint density at radius 1 is 1.23 bits per heavy atom. The molecule has 22 heavy (non-hydrogen) atoms. The molecule has 122 valence electrons. The standard InChI is InChI=1S/C17H28N4O/c1-14(2)6-7-15(3)19-17(22)21-11-9-20(10-12-21)16-5-4-8-18-13-16/h4-5,8,13-15H,6-7,9-12H2,1-3H3,(H,19,22)/t15-/m0/s1. The molecule has 1 saturated heterocycles. The summed E-state index contributed by atoms with van der Waals surface area (Å²) in [5.74, 6) is 0.683. The van der Waals surface area contributed by atoms with Crippen LogP contribution in [-0.2, 0) is 0 Å². The highest BCUT2D eigenvalue weighted by atomic mass is 16.2. The number of anilines is 1. The van der Waals surface area contributed by atoms with Crippen LogP contribution in [0.25, 0.3) is 0 Å². The minimum atomic E-state index is 0.0714. The molecule has 1 aliphatic heterocycles. The molecule has 2 amide bonds. The lowest BCUT2D eigenvalue weighted by molar-refractivity contribution is 0.190. The van der Waals surface area contributed by atoms with Crippen molar-refractivity contribution < 1.29 is 4.79 Å². The number of carbonyl (C=O) groups excluding carboxylic acids is 1. The summed E-state index contributed by atoms with van der Waals surface area (Å²) in [7, 11) is 0. The average Bonchev–Trinajstić information content (AvgIpc) is 2.54. The Morgan fingerprint density at radius 3 is 2.55 bits per heavy atom. The van der Waals surface area contributed by atoms with Gasteiger partial charge in [0.2, 0.25) is 0 Å². The number of hydrogen-bond donors (Lipinski definition) is 1. The van der Waals surface area contributed by atoms with Crippen molar-refractivity contribution in [2.75, 3.05) is 31.1 Å². The summed E-state index contributed by atoms with van der Waals surface area (Å²) in [5.41, 5.74) is 1.13. The molecule has 1 aromatic heterocycles. The van der Waals surface area contributed by atoms with Gasteiger partial charge >= 0.3 is 6.03 Å². The molecular formula is C17H28N4O. The summed E-state index contributed by atoms with van der Waals surface area (Å²) < 4.78 is 0. The van der Waals surface area contributed by atoms with E-state index in [-0.39, 0.29) is 12.1 Å². The van der Waals surface area contributed by atoms with Gasteiger partial charge in [0, 0.05) is 38.4 Å². The fourth-order valence-corrected chi connectivity index (χ4v) is 2.67. The lowest BCUT2D eigenvalue weighted by Crippen LogP contribution is -2.53. The molecule has 1 aromatic rings. The van der Waals surface area contributed by atoms with Crippen LogP contribution in [0.4, 0.5) is 10.5 Å². The molecule has 0 unspecified atom stereocenters. The quantitative estimate of drug-likeness (QED) is 0.910. The van der Waals surface area contributed by atoms with Crippen LogP contribution >= 0.6 is 0 Å². The molecule has 5 heteroatoms. The fraction of sp³-hybridized carbons (Fsp3) is 0.647. The molecule has 1 atom stereocenters. The molecule has 0 aliphatic carbocycles. The lowest BCUT2D eigenvalue weighted by Gasteiger charge is -2.36. The number of piperazine rings is 1. The van der Waals surface area contributed by atoms with E-state index in [2.05, 4.69) is 42.0 Å². The van der Waals surface area contributed by atoms with Gasteiger partial charge in [0.25, 0.3) is 0 Å². The van der Waals surface area contributed by atoms with E-state index < -0.39 is 0 Å². The fourth-order valence-electron chi connectivity index (χ4n) is 2.67. The predicted molar refractivity (Wildman–Crippen MR) is 90.1 cm³/mol. The molecule has 0 saturated carbocycles. The predicted octanol–water partition coefficient (Wildman–Crippen LogP) is 2.74. The number of rotatable bonds is 5. The van der Waals surface area contributed by atoms with Crippen LogP contribution < -0.4 is 10.2 Å². The zero-order valence-electron chi connectivity index (χ0n) is 14.0. The number of urea groups is 1. The van der Waals surface area contributed by atoms with Gasteiger partial charge in [-0.25, -0.2) is 4.79 Å². The second-order valence-corrected chi connectivity index (χ2v) is 6.51. The third kappa shape index (κ3) is 4.90. The normalized spacial score (nSPS) is 16.7. The summed E-state index contributed by atoms with van der Waals surface area (Å²) in [6, 6.07) is 4.33. The maximum absolute atomic E-state index is 12.3. The molecule has 5 nitrogen and oxygen atoms in total. The van der Waals surface area contributed by atoms with E-state index in [1.165, 1.54) is 0 Å². The van der Waals surface area contributed by atoms with E-state index in [0.717, 1.165) is 44.7 Å². The smallest absolute Gasteiger partial charge is 0.317 e. The number of pyridine rings is 1. The van der Waals surface area contributed by atoms with Crippen molar-refractivity contribution >= 4 is 11.7 Å². The second-order valence-electron chi connectivity index (χ2n) is 6.51. The van der Waals surface area contributed by atoms with Gasteiger partial charge in [-0.05, 0) is 37.8 Å². The van der Waals surface area contributed by atoms with Gasteiger partial charge in [-0.2, -0.15) is 0 Å². The van der Waals surface area contributed by atoms with Crippen LogP contribution in [0.15, 0.2) is 24.5 Å². The van der Waals surface area contributed by atoms with Crippen molar-refractivity contribution in [2.45, 2.75) is 39.7 Å². The first-order valence-electron chi connectivity index (χ1n) is 8.26. The van der Waals surface area contributed by atoms with Gasteiger partial charge in [-0.15, -0.1) is 0 Å². The van der Waals surface area contributed by atoms with Crippen LogP contribution in [0.5, 0.6) is 0 Å². The van der Waals surface area contributed by atoms with Crippen LogP contribution in [0, 0.1) is 5.92 Å². The number of carbonyl (C=O) groups is 1. The summed E-state index contributed by atoms with van der Waals surface area (Å²) in [6.45, 7) is 9.76. The number of nitrogens with zero attached hydrogens (tertiary/aromatic N) is 3. The highest BCUT2D eigenvalue weighted by Gasteiger charge is 2.22. The van der Waals surface area contributed by atoms with E-state index in [0.29, 0.717) is 5.92 Å². The van der Waals surface area contributed by atoms with E-state index in [1.54, 1.807) is 6.20 Å². The number of hydrogen-bond acceptors (Lipinski definition) is 3. The van der Waals surface area contributed by atoms with Gasteiger partial charge in [-0.3, -0.25) is 4.98 Å². The molecule has 0 radical (unpaired) electrons. The zero-order chi connectivity index (χ0) is 15.9. The molecule has 1 aliphatic rings. The highest BCUT2D eigenvalue weighted by Crippen LogP contribution is 2.14. The zero-order valence-corrected chi connectivity index (χ0v) is 14.0. The molecule has 0 bridgehead atoms. The number of amides is 2. The largest absolute Gasteiger partial charge is 0.367 e. The minimum absolute atomic E-state index is 0.0714. The Hall–Kier alpha value is -1.78. The summed E-state index contributed by atoms with van der Waals surface area (Å²) >= 11 is 0. The molecule has 2 rings (SSSR count). The summed E-state index contributed by atoms with van der Waals surface area (Å²) in [6.07, 6.45) is 5.85. The summed E-state index contributed by atoms with van der Waals surface area (Å²) in [4.78, 5) is 20.6. The number of aromatic nitrogens is 1. The molecule has 0 spiro atoms. The average molecular weight is 304 g/mol. The van der Waals surface area contributed by atoms with Crippen molar-refractivity contribution in [2.24, 2.45) is 5.92 Å². The molecular weight excluding hydrogens is 276 g/mol. The van der Waals surface area contributed by atoms with E-state index in [1.807, 2.05) is 17.2 Å². The van der Waals surface area contributed by atoms with E-state index in [4.69, 9.17) is 0 Å². The summed E-state index contributed by atoms with van der Waals surface area (Å²) in [5, 5.41) is 3.12. The maximum atomic E-state index is 12.3. The Kier molecular flexibility index (Phi) is 6.04. The van der Waals surface area contributed by atoms with Gasteiger partial charge in [-0.1, -0.05) is 13.8 Å². The third-order valence-corrected chi connectivity index (χ3v) is 4.12.